The van der Waals surface area contributed by atoms with Crippen LogP contribution in [0.5, 0.6) is 0 Å². The van der Waals surface area contributed by atoms with Gasteiger partial charge in [-0.05, 0) is 37.7 Å². The van der Waals surface area contributed by atoms with Gasteiger partial charge in [-0.3, -0.25) is 0 Å². The summed E-state index contributed by atoms with van der Waals surface area (Å²) >= 11 is 0. The van der Waals surface area contributed by atoms with Crippen LogP contribution in [0, 0.1) is 22.7 Å². The molecule has 7 rings (SSSR count). The van der Waals surface area contributed by atoms with Crippen LogP contribution in [0.3, 0.4) is 0 Å². The highest BCUT2D eigenvalue weighted by Gasteiger charge is 3.10. The van der Waals surface area contributed by atoms with Gasteiger partial charge in [-0.1, -0.05) is 27.7 Å². The van der Waals surface area contributed by atoms with Crippen molar-refractivity contribution in [1.29, 1.82) is 0 Å². The minimum Gasteiger partial charge on any atom is -0.452 e. The number of carbonyl (C=O) groups is 1. The molecule has 3 heterocycles. The summed E-state index contributed by atoms with van der Waals surface area (Å²) in [4.78, 5) is 15.9. The minimum absolute atomic E-state index is 0.0666. The lowest BCUT2D eigenvalue weighted by Crippen LogP contribution is -2.75. The monoisotopic (exact) mass is 493 g/mol. The summed E-state index contributed by atoms with van der Waals surface area (Å²) in [7, 11) is 0. The fourth-order valence-electron chi connectivity index (χ4n) is 9.56. The number of esters is 1. The van der Waals surface area contributed by atoms with Crippen LogP contribution in [-0.2, 0) is 9.47 Å². The molecule has 4 saturated carbocycles. The van der Waals surface area contributed by atoms with Crippen LogP contribution in [0.25, 0.3) is 0 Å². The first-order valence-electron chi connectivity index (χ1n) is 12.4. The first kappa shape index (κ1) is 23.8. The van der Waals surface area contributed by atoms with Crippen LogP contribution < -0.4 is 0 Å². The number of hydrogen-bond donors (Lipinski definition) is 7. The highest BCUT2D eigenvalue weighted by molar-refractivity contribution is 5.89. The van der Waals surface area contributed by atoms with Gasteiger partial charge in [0.2, 0.25) is 0 Å². The first-order valence-corrected chi connectivity index (χ1v) is 12.4. The molecule has 1 spiro atoms. The highest BCUT2D eigenvalue weighted by Crippen LogP contribution is 2.90. The number of ether oxygens (including phenoxy) is 2. The molecule has 6 aliphatic rings. The van der Waals surface area contributed by atoms with Crippen molar-refractivity contribution in [3.63, 3.8) is 0 Å². The molecule has 7 N–H and O–H groups in total. The Labute approximate surface area is 202 Å². The van der Waals surface area contributed by atoms with Crippen molar-refractivity contribution in [2.24, 2.45) is 22.7 Å². The molecule has 0 radical (unpaired) electrons. The van der Waals surface area contributed by atoms with Crippen LogP contribution in [0.4, 0.5) is 0 Å². The predicted octanol–water partition coefficient (Wildman–Crippen LogP) is -0.188. The van der Waals surface area contributed by atoms with Crippen LogP contribution >= 0.6 is 0 Å². The Balaban J connectivity index is 1.69. The number of nitrogens with one attached hydrogen (secondary N) is 1. The first-order chi connectivity index (χ1) is 16.0. The highest BCUT2D eigenvalue weighted by atomic mass is 16.7. The van der Waals surface area contributed by atoms with E-state index in [2.05, 4.69) is 4.98 Å². The summed E-state index contributed by atoms with van der Waals surface area (Å²) in [6, 6.07) is 1.47. The van der Waals surface area contributed by atoms with E-state index in [0.29, 0.717) is 6.42 Å². The van der Waals surface area contributed by atoms with Crippen molar-refractivity contribution in [2.75, 3.05) is 0 Å². The second kappa shape index (κ2) is 5.96. The maximum Gasteiger partial charge on any atom is 0.340 e. The molecule has 4 aliphatic carbocycles. The zero-order valence-corrected chi connectivity index (χ0v) is 20.6. The van der Waals surface area contributed by atoms with Gasteiger partial charge in [0, 0.05) is 24.2 Å². The maximum atomic E-state index is 13.2. The Morgan fingerprint density at radius 1 is 1.20 bits per heavy atom. The third kappa shape index (κ3) is 1.74. The Kier molecular flexibility index (Phi) is 4.06. The molecule has 35 heavy (non-hydrogen) atoms. The van der Waals surface area contributed by atoms with E-state index < -0.39 is 74.6 Å². The number of aromatic nitrogens is 1. The Hall–Kier alpha value is -1.53. The molecule has 2 saturated heterocycles. The Morgan fingerprint density at radius 2 is 1.86 bits per heavy atom. The number of aliphatic hydroxyl groups is 6. The molecule has 1 aromatic rings. The van der Waals surface area contributed by atoms with Gasteiger partial charge in [-0.15, -0.1) is 0 Å². The third-order valence-corrected chi connectivity index (χ3v) is 11.3. The van der Waals surface area contributed by atoms with E-state index in [1.165, 1.54) is 32.3 Å². The zero-order chi connectivity index (χ0) is 25.8. The summed E-state index contributed by atoms with van der Waals surface area (Å²) < 4.78 is 12.1. The van der Waals surface area contributed by atoms with Crippen molar-refractivity contribution < 1.29 is 44.9 Å². The van der Waals surface area contributed by atoms with Gasteiger partial charge >= 0.3 is 5.97 Å². The standard InChI is InChI=1S/C25H35NO9/c1-12(2)22(31)17(34-16(28)14-7-9-26-10-14)23(32)18(4)11-21(30)19(22,5)25(23,33)24(35-21)15(27)13(3)6-8-20(18,24)29/h7,9-10,12-13,15,17,26-27,29-33H,6,8,11H2,1-5H3/t13-,15+,17+,18?,19-,20-,21+,22+,23+,24+,25+/m0/s1. The van der Waals surface area contributed by atoms with Crippen molar-refractivity contribution in [1.82, 2.24) is 4.98 Å². The van der Waals surface area contributed by atoms with Gasteiger partial charge < -0.3 is 45.1 Å². The molecule has 194 valence electrons. The molecular weight excluding hydrogens is 458 g/mol. The number of carbonyl (C=O) groups excluding carboxylic acids is 1. The van der Waals surface area contributed by atoms with Crippen LogP contribution in [0.1, 0.15) is 64.2 Å². The van der Waals surface area contributed by atoms with Crippen molar-refractivity contribution in [3.05, 3.63) is 24.0 Å². The van der Waals surface area contributed by atoms with Crippen molar-refractivity contribution in [2.45, 2.75) is 99.9 Å². The smallest absolute Gasteiger partial charge is 0.340 e. The fourth-order valence-corrected chi connectivity index (χ4v) is 9.56. The number of aliphatic hydroxyl groups excluding tert-OH is 1. The molecule has 6 bridgehead atoms. The van der Waals surface area contributed by atoms with Gasteiger partial charge in [-0.2, -0.15) is 0 Å². The van der Waals surface area contributed by atoms with Crippen molar-refractivity contribution in [3.8, 4) is 0 Å². The van der Waals surface area contributed by atoms with E-state index in [-0.39, 0.29) is 18.4 Å². The fraction of sp³-hybridized carbons (Fsp3) is 0.800. The van der Waals surface area contributed by atoms with Crippen molar-refractivity contribution >= 4 is 5.97 Å². The Bertz CT molecular complexity index is 1130. The molecule has 10 heteroatoms. The summed E-state index contributed by atoms with van der Waals surface area (Å²) in [6.07, 6.45) is -0.221. The van der Waals surface area contributed by atoms with Crippen LogP contribution in [-0.4, -0.2) is 87.6 Å². The second-order valence-electron chi connectivity index (χ2n) is 12.4. The van der Waals surface area contributed by atoms with Gasteiger partial charge in [0.15, 0.2) is 17.5 Å². The summed E-state index contributed by atoms with van der Waals surface area (Å²) in [5, 5.41) is 73.9. The van der Waals surface area contributed by atoms with Gasteiger partial charge in [0.1, 0.15) is 22.4 Å². The summed E-state index contributed by atoms with van der Waals surface area (Å²) in [5.41, 5.74) is -15.1. The molecule has 1 unspecified atom stereocenters. The lowest BCUT2D eigenvalue weighted by atomic mass is 9.52. The average molecular weight is 494 g/mol. The largest absolute Gasteiger partial charge is 0.452 e. The second-order valence-corrected chi connectivity index (χ2v) is 12.4. The molecule has 10 nitrogen and oxygen atoms in total. The number of hydrogen-bond acceptors (Lipinski definition) is 9. The zero-order valence-electron chi connectivity index (χ0n) is 20.6. The lowest BCUT2D eigenvalue weighted by Gasteiger charge is -2.60. The van der Waals surface area contributed by atoms with E-state index in [0.717, 1.165) is 0 Å². The van der Waals surface area contributed by atoms with E-state index in [1.54, 1.807) is 20.8 Å². The number of H-pyrrole nitrogens is 1. The number of rotatable bonds is 3. The predicted molar refractivity (Wildman–Crippen MR) is 119 cm³/mol. The van der Waals surface area contributed by atoms with Crippen LogP contribution in [0.2, 0.25) is 0 Å². The molecular formula is C25H35NO9. The molecule has 1 aromatic heterocycles. The van der Waals surface area contributed by atoms with Crippen LogP contribution in [0.15, 0.2) is 18.5 Å². The molecule has 0 aromatic carbocycles. The normalized spacial score (nSPS) is 59.8. The third-order valence-electron chi connectivity index (χ3n) is 11.3. The molecule has 0 amide bonds. The Morgan fingerprint density at radius 3 is 2.43 bits per heavy atom. The molecule has 6 fully saturated rings. The molecule has 2 aliphatic heterocycles. The minimum atomic E-state index is -2.58. The maximum absolute atomic E-state index is 13.2. The van der Waals surface area contributed by atoms with E-state index in [9.17, 15) is 35.4 Å². The lowest BCUT2D eigenvalue weighted by molar-refractivity contribution is -0.390. The number of aromatic amines is 1. The molecule has 11 atom stereocenters. The van der Waals surface area contributed by atoms with Gasteiger partial charge in [0.25, 0.3) is 0 Å². The van der Waals surface area contributed by atoms with E-state index >= 15 is 0 Å². The topological polar surface area (TPSA) is 173 Å². The van der Waals surface area contributed by atoms with Gasteiger partial charge in [0.05, 0.1) is 17.1 Å². The van der Waals surface area contributed by atoms with E-state index in [4.69, 9.17) is 9.47 Å². The van der Waals surface area contributed by atoms with E-state index in [1.807, 2.05) is 0 Å². The quantitative estimate of drug-likeness (QED) is 0.282. The summed E-state index contributed by atoms with van der Waals surface area (Å²) in [5.74, 6) is -4.31. The SMILES string of the molecule is CC(C)[C@@]1(O)[C@@H](OC(=O)c2cc[nH]c2)[C@@]2(O)C3(C)C[C@@]4(O)O[C@@]5([C@H](O)[C@@H](C)CC[C@]35O)[C@@]2(O)[C@@]41C. The summed E-state index contributed by atoms with van der Waals surface area (Å²) in [6.45, 7) is 7.92. The average Bonchev–Trinajstić information content (AvgIpc) is 3.41. The van der Waals surface area contributed by atoms with Gasteiger partial charge in [-0.25, -0.2) is 4.79 Å².